The summed E-state index contributed by atoms with van der Waals surface area (Å²) in [6.45, 7) is 5.37. The van der Waals surface area contributed by atoms with Gasteiger partial charge in [-0.1, -0.05) is 131 Å². The minimum atomic E-state index is -4.06. The Morgan fingerprint density at radius 2 is 0.491 bits per heavy atom. The Bertz CT molecular complexity index is 4310. The van der Waals surface area contributed by atoms with Crippen LogP contribution in [0.2, 0.25) is 0 Å². The number of nitrogens with zero attached hydrogens (tertiary/aromatic N) is 4. The van der Waals surface area contributed by atoms with Crippen LogP contribution in [0, 0.1) is 27.7 Å². The van der Waals surface area contributed by atoms with Crippen molar-refractivity contribution < 1.29 is 97.9 Å². The Balaban J connectivity index is 0.823. The minimum absolute atomic E-state index is 0.0111. The van der Waals surface area contributed by atoms with E-state index in [4.69, 9.17) is 54.6 Å². The van der Waals surface area contributed by atoms with Gasteiger partial charge in [-0.25, -0.2) is 9.59 Å². The lowest BCUT2D eigenvalue weighted by atomic mass is 9.79. The summed E-state index contributed by atoms with van der Waals surface area (Å²) in [5, 5.41) is 0. The highest BCUT2D eigenvalue weighted by atomic mass is 32.2. The second kappa shape index (κ2) is 33.4. The molecule has 12 rings (SSSR count). The number of carbonyl (C=O) groups excluding carboxylic acids is 2. The van der Waals surface area contributed by atoms with Gasteiger partial charge in [0.2, 0.25) is 0 Å². The van der Waals surface area contributed by atoms with Crippen molar-refractivity contribution in [3.05, 3.63) is 238 Å². The van der Waals surface area contributed by atoms with Gasteiger partial charge in [0.05, 0.1) is 125 Å². The summed E-state index contributed by atoms with van der Waals surface area (Å²) in [6.07, 6.45) is 0. The zero-order chi connectivity index (χ0) is 74.7. The molecular weight excluding hydrogens is 1450 g/mol. The molecule has 2 fully saturated rings. The first-order valence-corrected chi connectivity index (χ1v) is 39.9. The fraction of sp³-hybridized carbons (Fsp3) is 0.342. The zero-order valence-corrected chi connectivity index (χ0v) is 62.1. The van der Waals surface area contributed by atoms with Crippen LogP contribution in [0.3, 0.4) is 0 Å². The Morgan fingerprint density at radius 1 is 0.283 bits per heavy atom. The lowest BCUT2D eigenvalue weighted by Crippen LogP contribution is -2.62. The normalized spacial score (nSPS) is 17.0. The third-order valence-electron chi connectivity index (χ3n) is 18.2. The molecule has 0 atom stereocenters. The number of aryl methyl sites for hydroxylation is 4. The highest BCUT2D eigenvalue weighted by molar-refractivity contribution is 7.87. The van der Waals surface area contributed by atoms with Gasteiger partial charge in [-0.15, -0.1) is 0 Å². The lowest BCUT2D eigenvalue weighted by molar-refractivity contribution is -0.0793. The van der Waals surface area contributed by atoms with Crippen LogP contribution >= 0.6 is 0 Å². The maximum absolute atomic E-state index is 16.5. The molecule has 4 heterocycles. The number of amides is 4. The zero-order valence-electron chi connectivity index (χ0n) is 58.9. The lowest BCUT2D eigenvalue weighted by Gasteiger charge is -2.49. The molecule has 4 amide bonds. The first kappa shape index (κ1) is 76.6. The van der Waals surface area contributed by atoms with Gasteiger partial charge in [0.15, 0.2) is 34.3 Å². The van der Waals surface area contributed by atoms with Gasteiger partial charge >= 0.3 is 12.1 Å². The molecule has 562 valence electrons. The summed E-state index contributed by atoms with van der Waals surface area (Å²) in [7, 11) is -16.2. The van der Waals surface area contributed by atoms with E-state index in [9.17, 15) is 33.7 Å². The number of fused-ring (bicyclic) bond motifs is 2. The fourth-order valence-corrected chi connectivity index (χ4v) is 16.7. The maximum Gasteiger partial charge on any atom is 0.325 e. The SMILES string of the molecule is Cc1ccc(S(=O)(=O)OCCOCCOc2cc3c(cc2OCCOCCOS(=O)(=O)c2ccc(C)cc2)CN2C(=O)N4Cc5cc(OCCOCCOS(=O)(=O)c6ccc(C)cc6)c(OCCOCCOS(=O)(=O)c6ccc(C)cc6)cc5CN5C(=O)N(C3)C2(c2ccccc2)C54c2ccccc2)cc1. The van der Waals surface area contributed by atoms with Crippen molar-refractivity contribution in [2.45, 2.75) is 84.8 Å². The summed E-state index contributed by atoms with van der Waals surface area (Å²) >= 11 is 0. The van der Waals surface area contributed by atoms with Crippen LogP contribution in [0.5, 0.6) is 23.0 Å². The number of hydrogen-bond donors (Lipinski definition) is 0. The van der Waals surface area contributed by atoms with Crippen molar-refractivity contribution >= 4 is 52.5 Å². The highest BCUT2D eigenvalue weighted by Crippen LogP contribution is 2.65. The first-order chi connectivity index (χ1) is 51.0. The van der Waals surface area contributed by atoms with Crippen LogP contribution in [-0.2, 0) is 114 Å². The smallest absolute Gasteiger partial charge is 0.325 e. The van der Waals surface area contributed by atoms with Gasteiger partial charge in [-0.2, -0.15) is 33.7 Å². The monoisotopic (exact) mass is 1530 g/mol. The van der Waals surface area contributed by atoms with Crippen LogP contribution in [0.15, 0.2) is 202 Å². The second-order valence-electron chi connectivity index (χ2n) is 25.3. The molecule has 0 radical (unpaired) electrons. The number of rotatable bonds is 38. The van der Waals surface area contributed by atoms with Gasteiger partial charge in [0.1, 0.15) is 26.4 Å². The average molecular weight is 1530 g/mol. The third kappa shape index (κ3) is 16.7. The molecule has 30 heteroatoms. The minimum Gasteiger partial charge on any atom is -0.487 e. The molecule has 0 aromatic heterocycles. The molecule has 4 aliphatic rings. The molecule has 8 aromatic rings. The van der Waals surface area contributed by atoms with Gasteiger partial charge in [-0.05, 0) is 123 Å². The summed E-state index contributed by atoms with van der Waals surface area (Å²) in [5.74, 6) is 0.963. The topological polar surface area (TPSA) is 294 Å². The number of carbonyl (C=O) groups is 2. The molecule has 0 bridgehead atoms. The Hall–Kier alpha value is -9.02. The number of hydrogen-bond acceptors (Lipinski definition) is 22. The molecule has 0 spiro atoms. The average Bonchev–Trinajstić information content (AvgIpc) is 1.47. The van der Waals surface area contributed by atoms with Crippen LogP contribution in [0.4, 0.5) is 9.59 Å². The summed E-state index contributed by atoms with van der Waals surface area (Å²) in [6, 6.07) is 50.2. The Labute approximate surface area is 617 Å². The molecule has 106 heavy (non-hydrogen) atoms. The maximum atomic E-state index is 16.5. The van der Waals surface area contributed by atoms with Crippen molar-refractivity contribution in [1.29, 1.82) is 0 Å². The molecule has 26 nitrogen and oxygen atoms in total. The molecule has 0 aliphatic carbocycles. The van der Waals surface area contributed by atoms with E-state index < -0.39 is 63.9 Å². The van der Waals surface area contributed by atoms with E-state index >= 15 is 9.59 Å². The predicted molar refractivity (Wildman–Crippen MR) is 385 cm³/mol. The van der Waals surface area contributed by atoms with Gasteiger partial charge in [0.25, 0.3) is 40.5 Å². The molecule has 2 saturated heterocycles. The van der Waals surface area contributed by atoms with E-state index in [0.717, 1.165) is 22.3 Å². The van der Waals surface area contributed by atoms with Crippen LogP contribution in [0.25, 0.3) is 0 Å². The van der Waals surface area contributed by atoms with Crippen molar-refractivity contribution in [2.24, 2.45) is 0 Å². The van der Waals surface area contributed by atoms with E-state index in [1.165, 1.54) is 48.5 Å². The molecule has 4 aliphatic heterocycles. The summed E-state index contributed by atoms with van der Waals surface area (Å²) in [5.41, 5.74) is 4.03. The molecule has 0 saturated carbocycles. The second-order valence-corrected chi connectivity index (χ2v) is 31.8. The van der Waals surface area contributed by atoms with Gasteiger partial charge in [0, 0.05) is 11.1 Å². The van der Waals surface area contributed by atoms with Gasteiger partial charge < -0.3 is 37.9 Å². The van der Waals surface area contributed by atoms with E-state index in [2.05, 4.69) is 0 Å². The van der Waals surface area contributed by atoms with E-state index in [1.54, 1.807) is 92.4 Å². The largest absolute Gasteiger partial charge is 0.487 e. The highest BCUT2D eigenvalue weighted by Gasteiger charge is 2.80. The van der Waals surface area contributed by atoms with Crippen molar-refractivity contribution in [3.8, 4) is 23.0 Å². The van der Waals surface area contributed by atoms with Crippen molar-refractivity contribution in [2.75, 3.05) is 106 Å². The first-order valence-electron chi connectivity index (χ1n) is 34.3. The Kier molecular flexibility index (Phi) is 24.2. The molecule has 8 aromatic carbocycles. The van der Waals surface area contributed by atoms with E-state index in [-0.39, 0.29) is 174 Å². The van der Waals surface area contributed by atoms with Crippen molar-refractivity contribution in [3.63, 3.8) is 0 Å². The van der Waals surface area contributed by atoms with Crippen LogP contribution < -0.4 is 18.9 Å². The van der Waals surface area contributed by atoms with E-state index in [1.807, 2.05) is 88.4 Å². The standard InChI is InChI=1S/C76H82N4O22S4/c1-55-15-23-65(24-16-55)103(83,84)99-43-35-91-31-39-95-69-47-59-51-77-73(81)79-53-61-49-71(97-41-33-93-37-45-101-105(87,88)67-27-19-57(3)20-28-67)72(98-42-34-94-38-46-102-106(89,90)68-29-21-58(4)22-30-68)50-62(61)54-80-74(82)78(75(77,63-11-7-5-8-12-63)76(79,80)64-13-9-6-10-14-64)52-60(59)48-70(69)96-40-32-92-36-44-100-104(85,86)66-25-17-56(2)18-26-66/h5-30,47-50H,31-46,51-54H2,1-4H3. The van der Waals surface area contributed by atoms with Crippen LogP contribution in [-0.4, -0.2) is 171 Å². The summed E-state index contributed by atoms with van der Waals surface area (Å²) < 4.78 is 173. The quantitative estimate of drug-likeness (QED) is 0.0257. The molecule has 0 N–H and O–H groups in total. The number of benzene rings is 8. The van der Waals surface area contributed by atoms with E-state index in [0.29, 0.717) is 33.4 Å². The summed E-state index contributed by atoms with van der Waals surface area (Å²) in [4.78, 5) is 39.9. The third-order valence-corrected chi connectivity index (χ3v) is 23.5. The molecular formula is C76H82N4O22S4. The Morgan fingerprint density at radius 3 is 0.708 bits per heavy atom. The van der Waals surface area contributed by atoms with Crippen LogP contribution in [0.1, 0.15) is 55.6 Å². The number of urea groups is 2. The van der Waals surface area contributed by atoms with Crippen molar-refractivity contribution in [1.82, 2.24) is 19.6 Å². The molecule has 0 unspecified atom stereocenters. The van der Waals surface area contributed by atoms with Gasteiger partial charge in [-0.3, -0.25) is 36.3 Å². The predicted octanol–water partition coefficient (Wildman–Crippen LogP) is 10.0. The fourth-order valence-electron chi connectivity index (χ4n) is 13.1. The number of ether oxygens (including phenoxy) is 8.